The van der Waals surface area contributed by atoms with Gasteiger partial charge in [-0.2, -0.15) is 15.3 Å². The monoisotopic (exact) mass is 1100 g/mol. The first kappa shape index (κ1) is 54.8. The Kier molecular flexibility index (Phi) is 16.8. The highest BCUT2D eigenvalue weighted by Crippen LogP contribution is 2.56. The van der Waals surface area contributed by atoms with Crippen molar-refractivity contribution < 1.29 is 14.4 Å². The van der Waals surface area contributed by atoms with E-state index in [1.807, 2.05) is 42.5 Å². The number of hydrogen-bond acceptors (Lipinski definition) is 6. The number of nitrogens with zero attached hydrogens (tertiary/aromatic N) is 6. The zero-order chi connectivity index (χ0) is 54.7. The number of aromatic nitrogens is 6. The molecule has 0 atom stereocenters. The van der Waals surface area contributed by atoms with Crippen LogP contribution in [0, 0.1) is 23.7 Å². The number of nitrogens with one attached hydrogen (secondary N) is 4. The van der Waals surface area contributed by atoms with Crippen LogP contribution in [0.15, 0.2) is 42.5 Å². The normalized spacial score (nSPS) is 25.8. The molecule has 3 aromatic heterocycles. The highest BCUT2D eigenvalue weighted by Gasteiger charge is 2.51. The van der Waals surface area contributed by atoms with Gasteiger partial charge in [0.05, 0.1) is 18.1 Å². The Labute approximate surface area is 482 Å². The number of hydrogen-bond donors (Lipinski definition) is 4. The zero-order valence-corrected chi connectivity index (χ0v) is 48.9. The average Bonchev–Trinajstić information content (AvgIpc) is 4.21. The summed E-state index contributed by atoms with van der Waals surface area (Å²) in [6.07, 6.45) is 46.8. The van der Waals surface area contributed by atoms with Crippen LogP contribution in [-0.4, -0.2) is 52.7 Å². The molecular formula is C68H94N10O3. The molecule has 0 radical (unpaired) electrons. The predicted octanol–water partition coefficient (Wildman–Crippen LogP) is 15.8. The Hall–Kier alpha value is -5.46. The van der Waals surface area contributed by atoms with Gasteiger partial charge in [0.1, 0.15) is 0 Å². The van der Waals surface area contributed by atoms with Crippen molar-refractivity contribution in [3.05, 3.63) is 81.8 Å². The van der Waals surface area contributed by atoms with Gasteiger partial charge in [0.25, 0.3) is 5.91 Å². The molecule has 11 aliphatic rings. The quantitative estimate of drug-likeness (QED) is 0.115. The average molecular weight is 1100 g/mol. The van der Waals surface area contributed by atoms with Gasteiger partial charge in [-0.1, -0.05) is 113 Å². The van der Waals surface area contributed by atoms with Gasteiger partial charge in [0, 0.05) is 50.8 Å². The molecular weight excluding hydrogens is 1000 g/mol. The molecule has 81 heavy (non-hydrogen) atoms. The Morgan fingerprint density at radius 2 is 0.840 bits per heavy atom. The third-order valence-electron chi connectivity index (χ3n) is 21.5. The molecule has 11 aliphatic carbocycles. The van der Waals surface area contributed by atoms with Gasteiger partial charge in [0.15, 0.2) is 17.5 Å². The first-order chi connectivity index (χ1) is 39.8. The fourth-order valence-corrected chi connectivity index (χ4v) is 17.9. The molecule has 0 saturated heterocycles. The Morgan fingerprint density at radius 3 is 1.32 bits per heavy atom. The standard InChI is InChI=1S/C24H36N4O.C24H27N3O.C20H31N3O/c29-23(26-24-13-16-10-17(14-24)12-18(11-16)15-24)25-22-20-8-4-5-9-21(20)28(27-22)19-6-2-1-3-7-19;28-24(20-15-8-10-17-9-4-5-13-19(17)20)25-23-21-14-6-7-16-22(21)27(26-23)18-11-2-1-3-12-18;24-20(15-9-3-1-4-10-15)21-19-17-13-7-8-14-18(17)23(22-19)16-11-5-2-6-12-16/h16-19H,1-15H2,(H2,25,26,27,29);4-5,8-10,13,15,18H,1-3,6-7,11-12,14,16H2,(H,25,26,28);15-16H,1-14H2,(H,21,22,24). The van der Waals surface area contributed by atoms with E-state index in [-0.39, 0.29) is 29.3 Å². The van der Waals surface area contributed by atoms with Gasteiger partial charge in [-0.25, -0.2) is 4.79 Å². The number of benzene rings is 2. The van der Waals surface area contributed by atoms with Crippen molar-refractivity contribution in [3.8, 4) is 0 Å². The van der Waals surface area contributed by atoms with Crippen LogP contribution in [0.1, 0.15) is 268 Å². The highest BCUT2D eigenvalue weighted by molar-refractivity contribution is 6.12. The van der Waals surface area contributed by atoms with E-state index in [4.69, 9.17) is 15.3 Å². The lowest BCUT2D eigenvalue weighted by Crippen LogP contribution is -2.60. The van der Waals surface area contributed by atoms with E-state index in [0.717, 1.165) is 103 Å². The maximum atomic E-state index is 13.1. The number of carbonyl (C=O) groups is 3. The molecule has 3 heterocycles. The topological polar surface area (TPSA) is 153 Å². The smallest absolute Gasteiger partial charge is 0.320 e. The zero-order valence-electron chi connectivity index (χ0n) is 48.9. The van der Waals surface area contributed by atoms with Crippen LogP contribution in [0.5, 0.6) is 0 Å². The molecule has 0 unspecified atom stereocenters. The molecule has 4 amide bonds. The summed E-state index contributed by atoms with van der Waals surface area (Å²) in [6, 6.07) is 15.6. The van der Waals surface area contributed by atoms with Gasteiger partial charge in [-0.05, 0) is 202 Å². The molecule has 8 fully saturated rings. The van der Waals surface area contributed by atoms with Crippen LogP contribution in [0.4, 0.5) is 22.2 Å². The van der Waals surface area contributed by atoms with Gasteiger partial charge in [-0.15, -0.1) is 0 Å². The second-order valence-electron chi connectivity index (χ2n) is 27.2. The second-order valence-corrected chi connectivity index (χ2v) is 27.2. The van der Waals surface area contributed by atoms with Gasteiger partial charge >= 0.3 is 6.03 Å². The van der Waals surface area contributed by atoms with E-state index in [1.54, 1.807) is 0 Å². The largest absolute Gasteiger partial charge is 0.332 e. The van der Waals surface area contributed by atoms with E-state index in [0.29, 0.717) is 18.1 Å². The summed E-state index contributed by atoms with van der Waals surface area (Å²) in [7, 11) is 0. The molecule has 2 aromatic carbocycles. The second kappa shape index (κ2) is 24.8. The van der Waals surface area contributed by atoms with Gasteiger partial charge < -0.3 is 16.0 Å². The van der Waals surface area contributed by atoms with Gasteiger partial charge in [0.2, 0.25) is 5.91 Å². The number of carbonyl (C=O) groups excluding carboxylic acids is 3. The summed E-state index contributed by atoms with van der Waals surface area (Å²) < 4.78 is 6.89. The lowest BCUT2D eigenvalue weighted by Gasteiger charge is -2.56. The van der Waals surface area contributed by atoms with Crippen molar-refractivity contribution >= 4 is 46.1 Å². The van der Waals surface area contributed by atoms with Crippen molar-refractivity contribution in [1.29, 1.82) is 0 Å². The van der Waals surface area contributed by atoms with Crippen molar-refractivity contribution in [2.24, 2.45) is 23.7 Å². The number of rotatable bonds is 9. The lowest BCUT2D eigenvalue weighted by molar-refractivity contribution is -0.120. The summed E-state index contributed by atoms with van der Waals surface area (Å²) in [5.41, 5.74) is 8.91. The molecule has 4 bridgehead atoms. The fraction of sp³-hybridized carbons (Fsp3) is 0.676. The highest BCUT2D eigenvalue weighted by atomic mass is 16.2. The predicted molar refractivity (Wildman–Crippen MR) is 323 cm³/mol. The molecule has 434 valence electrons. The van der Waals surface area contributed by atoms with E-state index in [9.17, 15) is 14.4 Å². The molecule has 16 rings (SSSR count). The van der Waals surface area contributed by atoms with Crippen LogP contribution < -0.4 is 21.3 Å². The molecule has 4 N–H and O–H groups in total. The molecule has 8 saturated carbocycles. The lowest BCUT2D eigenvalue weighted by atomic mass is 9.53. The first-order valence-corrected chi connectivity index (χ1v) is 33.3. The summed E-state index contributed by atoms with van der Waals surface area (Å²) in [6.45, 7) is 0. The number of amides is 4. The summed E-state index contributed by atoms with van der Waals surface area (Å²) in [4.78, 5) is 38.9. The minimum Gasteiger partial charge on any atom is -0.332 e. The maximum Gasteiger partial charge on any atom is 0.320 e. The third kappa shape index (κ3) is 12.0. The minimum atomic E-state index is -0.0570. The van der Waals surface area contributed by atoms with E-state index < -0.39 is 0 Å². The van der Waals surface area contributed by atoms with Crippen molar-refractivity contribution in [3.63, 3.8) is 0 Å². The van der Waals surface area contributed by atoms with Crippen LogP contribution in [0.25, 0.3) is 10.8 Å². The Morgan fingerprint density at radius 1 is 0.432 bits per heavy atom. The number of urea groups is 1. The first-order valence-electron chi connectivity index (χ1n) is 33.3. The molecule has 0 spiro atoms. The Bertz CT molecular complexity index is 2970. The SMILES string of the molecule is O=C(Nc1nn(C2CCCCC2)c2c1CCCC2)C1CCCCC1.O=C(Nc1nn(C2CCCCC2)c2c1CCCC2)NC12CC3CC(CC(C3)C1)C2.O=C(Nc1nn(C2CCCCC2)c2c1CCCC2)c1cccc2ccccc12. The van der Waals surface area contributed by atoms with Crippen molar-refractivity contribution in [2.45, 2.75) is 268 Å². The fourth-order valence-electron chi connectivity index (χ4n) is 17.9. The summed E-state index contributed by atoms with van der Waals surface area (Å²) >= 11 is 0. The summed E-state index contributed by atoms with van der Waals surface area (Å²) in [5.74, 6) is 5.45. The van der Waals surface area contributed by atoms with E-state index >= 15 is 0 Å². The molecule has 5 aromatic rings. The molecule has 13 nitrogen and oxygen atoms in total. The maximum absolute atomic E-state index is 13.1. The Balaban J connectivity index is 0.000000115. The van der Waals surface area contributed by atoms with Crippen LogP contribution in [0.3, 0.4) is 0 Å². The molecule has 13 heteroatoms. The minimum absolute atomic E-state index is 0.00591. The van der Waals surface area contributed by atoms with E-state index in [1.165, 1.54) is 226 Å². The van der Waals surface area contributed by atoms with Crippen LogP contribution in [-0.2, 0) is 43.3 Å². The number of anilines is 3. The third-order valence-corrected chi connectivity index (χ3v) is 21.5. The number of fused-ring (bicyclic) bond motifs is 4. The molecule has 0 aliphatic heterocycles. The van der Waals surface area contributed by atoms with Crippen molar-refractivity contribution in [2.75, 3.05) is 16.0 Å². The van der Waals surface area contributed by atoms with Crippen LogP contribution in [0.2, 0.25) is 0 Å². The van der Waals surface area contributed by atoms with E-state index in [2.05, 4.69) is 35.3 Å². The van der Waals surface area contributed by atoms with Crippen molar-refractivity contribution in [1.82, 2.24) is 34.7 Å². The van der Waals surface area contributed by atoms with Crippen LogP contribution >= 0.6 is 0 Å². The van der Waals surface area contributed by atoms with Gasteiger partial charge in [-0.3, -0.25) is 29.0 Å². The summed E-state index contributed by atoms with van der Waals surface area (Å²) in [5, 5.41) is 30.0.